The molecule has 168 valence electrons. The molecular formula is C24H19IN2O6. The topological polar surface area (TPSA) is 98.1 Å². The van der Waals surface area contributed by atoms with Crippen LogP contribution in [0.1, 0.15) is 27.4 Å². The van der Waals surface area contributed by atoms with Crippen molar-refractivity contribution in [1.29, 1.82) is 0 Å². The van der Waals surface area contributed by atoms with E-state index >= 15 is 0 Å². The molecule has 0 radical (unpaired) electrons. The van der Waals surface area contributed by atoms with Crippen molar-refractivity contribution in [3.63, 3.8) is 0 Å². The van der Waals surface area contributed by atoms with Crippen LogP contribution in [0, 0.1) is 3.57 Å². The number of esters is 1. The van der Waals surface area contributed by atoms with Crippen molar-refractivity contribution in [1.82, 2.24) is 10.2 Å². The van der Waals surface area contributed by atoms with Crippen LogP contribution in [0.5, 0.6) is 5.75 Å². The molecule has 1 aromatic heterocycles. The highest BCUT2D eigenvalue weighted by molar-refractivity contribution is 14.1. The number of urea groups is 1. The third-order valence-electron chi connectivity index (χ3n) is 4.83. The van der Waals surface area contributed by atoms with E-state index in [1.54, 1.807) is 6.08 Å². The standard InChI is InChI=1S/C24H19IN2O6/c1-31-23(29)21-10-8-17(33-21)13-27-22(28)19(26-24(27)30)12-16-7-9-20(18(25)11-16)32-14-15-5-3-2-4-6-15/h2-12H,13-14H2,1H3,(H,26,30)/b19-12-. The maximum absolute atomic E-state index is 12.7. The lowest BCUT2D eigenvalue weighted by molar-refractivity contribution is -0.123. The SMILES string of the molecule is COC(=O)c1ccc(CN2C(=O)N/C(=C\c3ccc(OCc4ccccc4)c(I)c3)C2=O)o1. The molecule has 0 unspecified atom stereocenters. The lowest BCUT2D eigenvalue weighted by atomic mass is 10.2. The predicted molar refractivity (Wildman–Crippen MR) is 127 cm³/mol. The van der Waals surface area contributed by atoms with Crippen molar-refractivity contribution in [2.45, 2.75) is 13.2 Å². The molecular weight excluding hydrogens is 539 g/mol. The van der Waals surface area contributed by atoms with Gasteiger partial charge in [-0.25, -0.2) is 9.59 Å². The number of benzene rings is 2. The molecule has 9 heteroatoms. The maximum Gasteiger partial charge on any atom is 0.373 e. The first-order valence-electron chi connectivity index (χ1n) is 9.92. The summed E-state index contributed by atoms with van der Waals surface area (Å²) in [4.78, 5) is 37.6. The molecule has 1 saturated heterocycles. The molecule has 3 aromatic rings. The van der Waals surface area contributed by atoms with Gasteiger partial charge in [0.2, 0.25) is 5.76 Å². The highest BCUT2D eigenvalue weighted by Crippen LogP contribution is 2.25. The van der Waals surface area contributed by atoms with Crippen LogP contribution in [0.3, 0.4) is 0 Å². The molecule has 8 nitrogen and oxygen atoms in total. The highest BCUT2D eigenvalue weighted by atomic mass is 127. The number of halogens is 1. The summed E-state index contributed by atoms with van der Waals surface area (Å²) in [6.07, 6.45) is 1.60. The largest absolute Gasteiger partial charge is 0.488 e. The first-order valence-corrected chi connectivity index (χ1v) is 11.0. The van der Waals surface area contributed by atoms with Gasteiger partial charge in [-0.2, -0.15) is 0 Å². The van der Waals surface area contributed by atoms with E-state index in [2.05, 4.69) is 32.6 Å². The second-order valence-corrected chi connectivity index (χ2v) is 8.26. The van der Waals surface area contributed by atoms with Gasteiger partial charge < -0.3 is 19.2 Å². The number of hydrogen-bond donors (Lipinski definition) is 1. The van der Waals surface area contributed by atoms with Gasteiger partial charge in [0.15, 0.2) is 0 Å². The minimum absolute atomic E-state index is 0.000493. The van der Waals surface area contributed by atoms with Gasteiger partial charge in [-0.3, -0.25) is 9.69 Å². The van der Waals surface area contributed by atoms with Crippen LogP contribution in [-0.2, 0) is 22.7 Å². The Labute approximate surface area is 203 Å². The summed E-state index contributed by atoms with van der Waals surface area (Å²) >= 11 is 2.17. The Balaban J connectivity index is 1.44. The van der Waals surface area contributed by atoms with Crippen LogP contribution in [0.4, 0.5) is 4.79 Å². The molecule has 1 aliphatic rings. The summed E-state index contributed by atoms with van der Waals surface area (Å²) in [5.74, 6) is -0.112. The average molecular weight is 558 g/mol. The number of ether oxygens (including phenoxy) is 2. The molecule has 4 rings (SSSR count). The first-order chi connectivity index (χ1) is 15.9. The lowest BCUT2D eigenvalue weighted by Crippen LogP contribution is -2.30. The van der Waals surface area contributed by atoms with Gasteiger partial charge >= 0.3 is 12.0 Å². The maximum atomic E-state index is 12.7. The van der Waals surface area contributed by atoms with Gasteiger partial charge in [-0.1, -0.05) is 36.4 Å². The van der Waals surface area contributed by atoms with Crippen LogP contribution in [0.2, 0.25) is 0 Å². The van der Waals surface area contributed by atoms with Gasteiger partial charge in [0.05, 0.1) is 17.2 Å². The monoisotopic (exact) mass is 558 g/mol. The van der Waals surface area contributed by atoms with Crippen LogP contribution >= 0.6 is 22.6 Å². The predicted octanol–water partition coefficient (Wildman–Crippen LogP) is 4.34. The number of hydrogen-bond acceptors (Lipinski definition) is 6. The Hall–Kier alpha value is -3.60. The minimum atomic E-state index is -0.634. The van der Waals surface area contributed by atoms with E-state index in [4.69, 9.17) is 9.15 Å². The van der Waals surface area contributed by atoms with Crippen molar-refractivity contribution >= 4 is 46.6 Å². The molecule has 0 atom stereocenters. The van der Waals surface area contributed by atoms with Gasteiger partial charge in [0, 0.05) is 0 Å². The lowest BCUT2D eigenvalue weighted by Gasteiger charge is -2.10. The number of carbonyl (C=O) groups excluding carboxylic acids is 3. The summed E-state index contributed by atoms with van der Waals surface area (Å²) < 4.78 is 16.7. The second kappa shape index (κ2) is 9.90. The van der Waals surface area contributed by atoms with Gasteiger partial charge in [-0.15, -0.1) is 0 Å². The summed E-state index contributed by atoms with van der Waals surface area (Å²) in [5, 5.41) is 2.58. The van der Waals surface area contributed by atoms with Crippen LogP contribution in [-0.4, -0.2) is 29.9 Å². The zero-order valence-corrected chi connectivity index (χ0v) is 19.7. The summed E-state index contributed by atoms with van der Waals surface area (Å²) in [7, 11) is 1.24. The van der Waals surface area contributed by atoms with E-state index in [-0.39, 0.29) is 23.8 Å². The van der Waals surface area contributed by atoms with Gasteiger partial charge in [0.1, 0.15) is 23.8 Å². The normalized spacial score (nSPS) is 14.5. The third kappa shape index (κ3) is 5.25. The highest BCUT2D eigenvalue weighted by Gasteiger charge is 2.34. The van der Waals surface area contributed by atoms with Crippen molar-refractivity contribution < 1.29 is 28.3 Å². The fraction of sp³-hybridized carbons (Fsp3) is 0.125. The molecule has 1 N–H and O–H groups in total. The molecule has 2 aromatic carbocycles. The summed E-state index contributed by atoms with van der Waals surface area (Å²) in [6.45, 7) is 0.341. The molecule has 3 amide bonds. The first kappa shape index (κ1) is 22.6. The third-order valence-corrected chi connectivity index (χ3v) is 5.67. The molecule has 0 aliphatic carbocycles. The molecule has 2 heterocycles. The van der Waals surface area contributed by atoms with E-state index < -0.39 is 17.9 Å². The number of rotatable bonds is 7. The smallest absolute Gasteiger partial charge is 0.373 e. The Bertz CT molecular complexity index is 1230. The fourth-order valence-corrected chi connectivity index (χ4v) is 3.87. The summed E-state index contributed by atoms with van der Waals surface area (Å²) in [6, 6.07) is 17.7. The number of imide groups is 1. The zero-order chi connectivity index (χ0) is 23.4. The Morgan fingerprint density at radius 2 is 1.91 bits per heavy atom. The van der Waals surface area contributed by atoms with E-state index in [1.165, 1.54) is 19.2 Å². The molecule has 1 aliphatic heterocycles. The fourth-order valence-electron chi connectivity index (χ4n) is 3.17. The molecule has 1 fully saturated rings. The second-order valence-electron chi connectivity index (χ2n) is 7.10. The van der Waals surface area contributed by atoms with Crippen LogP contribution in [0.15, 0.2) is 70.8 Å². The number of methoxy groups -OCH3 is 1. The Morgan fingerprint density at radius 3 is 2.64 bits per heavy atom. The molecule has 0 saturated carbocycles. The van der Waals surface area contributed by atoms with Gasteiger partial charge in [0.25, 0.3) is 5.91 Å². The zero-order valence-electron chi connectivity index (χ0n) is 17.5. The number of nitrogens with zero attached hydrogens (tertiary/aromatic N) is 1. The number of amides is 3. The minimum Gasteiger partial charge on any atom is -0.488 e. The number of nitrogens with one attached hydrogen (secondary N) is 1. The van der Waals surface area contributed by atoms with Crippen molar-refractivity contribution in [3.8, 4) is 5.75 Å². The van der Waals surface area contributed by atoms with Crippen LogP contribution < -0.4 is 10.1 Å². The summed E-state index contributed by atoms with van der Waals surface area (Å²) in [5.41, 5.74) is 1.95. The quantitative estimate of drug-likeness (QED) is 0.201. The molecule has 0 spiro atoms. The van der Waals surface area contributed by atoms with E-state index in [1.807, 2.05) is 48.5 Å². The van der Waals surface area contributed by atoms with Crippen molar-refractivity contribution in [2.24, 2.45) is 0 Å². The number of carbonyl (C=O) groups is 3. The van der Waals surface area contributed by atoms with E-state index in [9.17, 15) is 14.4 Å². The van der Waals surface area contributed by atoms with E-state index in [0.29, 0.717) is 6.61 Å². The van der Waals surface area contributed by atoms with Crippen molar-refractivity contribution in [3.05, 3.63) is 92.6 Å². The average Bonchev–Trinajstić information content (AvgIpc) is 3.39. The Morgan fingerprint density at radius 1 is 1.12 bits per heavy atom. The van der Waals surface area contributed by atoms with Crippen LogP contribution in [0.25, 0.3) is 6.08 Å². The molecule has 33 heavy (non-hydrogen) atoms. The van der Waals surface area contributed by atoms with Crippen molar-refractivity contribution in [2.75, 3.05) is 7.11 Å². The van der Waals surface area contributed by atoms with E-state index in [0.717, 1.165) is 25.3 Å². The Kier molecular flexibility index (Phi) is 6.78. The molecule has 0 bridgehead atoms. The number of furan rings is 1. The van der Waals surface area contributed by atoms with Gasteiger partial charge in [-0.05, 0) is 64.1 Å².